The summed E-state index contributed by atoms with van der Waals surface area (Å²) in [5, 5.41) is 9.53. The third kappa shape index (κ3) is 3.51. The minimum absolute atomic E-state index is 0.117. The first kappa shape index (κ1) is 13.9. The number of halogens is 1. The Balaban J connectivity index is 2.07. The smallest absolute Gasteiger partial charge is 0.339 e. The monoisotopic (exact) mass is 280 g/mol. The van der Waals surface area contributed by atoms with E-state index in [9.17, 15) is 4.79 Å². The van der Waals surface area contributed by atoms with E-state index >= 15 is 0 Å². The molecule has 0 aliphatic heterocycles. The zero-order valence-corrected chi connectivity index (χ0v) is 11.6. The van der Waals surface area contributed by atoms with Crippen LogP contribution in [-0.4, -0.2) is 17.7 Å². The normalized spacial score (nSPS) is 22.2. The molecule has 102 valence electrons. The molecule has 0 radical (unpaired) electrons. The Morgan fingerprint density at radius 1 is 1.42 bits per heavy atom. The maximum atomic E-state index is 11.1. The summed E-state index contributed by atoms with van der Waals surface area (Å²) in [7, 11) is 0. The Morgan fingerprint density at radius 3 is 2.84 bits per heavy atom. The number of aromatic carboxylic acids is 1. The fourth-order valence-corrected chi connectivity index (χ4v) is 2.40. The molecule has 1 aromatic rings. The molecular weight excluding hydrogens is 264 g/mol. The van der Waals surface area contributed by atoms with Gasteiger partial charge in [0.1, 0.15) is 11.3 Å². The Morgan fingerprint density at radius 2 is 2.16 bits per heavy atom. The minimum atomic E-state index is -1.02. The van der Waals surface area contributed by atoms with Gasteiger partial charge in [-0.05, 0) is 42.9 Å². The van der Waals surface area contributed by atoms with Crippen LogP contribution in [0.3, 0.4) is 0 Å². The first-order chi connectivity index (χ1) is 9.08. The summed E-state index contributed by atoms with van der Waals surface area (Å²) >= 11 is 5.80. The fourth-order valence-electron chi connectivity index (χ4n) is 2.23. The predicted molar refractivity (Wildman–Crippen MR) is 74.9 cm³/mol. The van der Waals surface area contributed by atoms with Crippen molar-refractivity contribution in [1.82, 2.24) is 0 Å². The average Bonchev–Trinajstić information content (AvgIpc) is 2.38. The van der Waals surface area contributed by atoms with Crippen LogP contribution in [0, 0.1) is 11.8 Å². The lowest BCUT2D eigenvalue weighted by atomic mass is 9.85. The summed E-state index contributed by atoms with van der Waals surface area (Å²) in [5.74, 6) is 0.362. The van der Waals surface area contributed by atoms with Gasteiger partial charge in [-0.25, -0.2) is 4.79 Å². The van der Waals surface area contributed by atoms with Gasteiger partial charge >= 0.3 is 5.97 Å². The van der Waals surface area contributed by atoms with Crippen molar-refractivity contribution in [1.29, 1.82) is 0 Å². The number of carbonyl (C=O) groups is 1. The van der Waals surface area contributed by atoms with E-state index in [4.69, 9.17) is 21.4 Å². The molecule has 2 unspecified atom stereocenters. The number of benzene rings is 1. The summed E-state index contributed by atoms with van der Waals surface area (Å²) in [6, 6.07) is 4.69. The number of hydrogen-bond donors (Lipinski definition) is 1. The van der Waals surface area contributed by atoms with Crippen molar-refractivity contribution in [3.8, 4) is 5.75 Å². The van der Waals surface area contributed by atoms with Gasteiger partial charge in [-0.15, -0.1) is 0 Å². The highest BCUT2D eigenvalue weighted by Gasteiger charge is 2.20. The molecule has 1 N–H and O–H groups in total. The van der Waals surface area contributed by atoms with Gasteiger partial charge < -0.3 is 9.84 Å². The predicted octanol–water partition coefficient (Wildman–Crippen LogP) is 4.02. The van der Waals surface area contributed by atoms with Crippen molar-refractivity contribution < 1.29 is 14.6 Å². The second-order valence-electron chi connectivity index (χ2n) is 4.94. The molecule has 0 saturated heterocycles. The van der Waals surface area contributed by atoms with E-state index in [1.54, 1.807) is 12.1 Å². The zero-order valence-electron chi connectivity index (χ0n) is 10.8. The lowest BCUT2D eigenvalue weighted by Gasteiger charge is -2.25. The van der Waals surface area contributed by atoms with Crippen molar-refractivity contribution in [2.75, 3.05) is 6.61 Å². The van der Waals surface area contributed by atoms with Crippen molar-refractivity contribution in [2.24, 2.45) is 11.8 Å². The maximum absolute atomic E-state index is 11.1. The Bertz CT molecular complexity index is 496. The molecule has 0 spiro atoms. The van der Waals surface area contributed by atoms with Crippen LogP contribution in [0.25, 0.3) is 0 Å². The van der Waals surface area contributed by atoms with Gasteiger partial charge in [0.15, 0.2) is 0 Å². The van der Waals surface area contributed by atoms with Crippen molar-refractivity contribution in [3.05, 3.63) is 40.9 Å². The van der Waals surface area contributed by atoms with Gasteiger partial charge in [-0.3, -0.25) is 0 Å². The second-order valence-corrected chi connectivity index (χ2v) is 5.37. The highest BCUT2D eigenvalue weighted by Crippen LogP contribution is 2.28. The summed E-state index contributed by atoms with van der Waals surface area (Å²) in [6.07, 6.45) is 6.39. The van der Waals surface area contributed by atoms with Crippen LogP contribution in [0.2, 0.25) is 5.02 Å². The average molecular weight is 281 g/mol. The second kappa shape index (κ2) is 6.11. The van der Waals surface area contributed by atoms with E-state index in [2.05, 4.69) is 19.1 Å². The highest BCUT2D eigenvalue weighted by atomic mass is 35.5. The van der Waals surface area contributed by atoms with Gasteiger partial charge in [0, 0.05) is 5.02 Å². The molecule has 19 heavy (non-hydrogen) atoms. The number of hydrogen-bond acceptors (Lipinski definition) is 2. The largest absolute Gasteiger partial charge is 0.492 e. The summed E-state index contributed by atoms with van der Waals surface area (Å²) in [4.78, 5) is 11.1. The summed E-state index contributed by atoms with van der Waals surface area (Å²) < 4.78 is 5.69. The molecule has 1 aliphatic rings. The molecule has 4 heteroatoms. The number of carboxylic acid groups (broad SMARTS) is 1. The maximum Gasteiger partial charge on any atom is 0.339 e. The standard InChI is InChI=1S/C15H17ClO3/c1-10-4-2-3-5-11(10)9-19-14-7-6-12(16)8-13(14)15(17)18/h2-3,6-8,10-11H,4-5,9H2,1H3,(H,17,18). The minimum Gasteiger partial charge on any atom is -0.492 e. The molecule has 1 aliphatic carbocycles. The summed E-state index contributed by atoms with van der Waals surface area (Å²) in [5.41, 5.74) is 0.117. The van der Waals surface area contributed by atoms with Gasteiger partial charge in [0.2, 0.25) is 0 Å². The van der Waals surface area contributed by atoms with E-state index in [1.165, 1.54) is 6.07 Å². The highest BCUT2D eigenvalue weighted by molar-refractivity contribution is 6.31. The van der Waals surface area contributed by atoms with E-state index in [0.717, 1.165) is 12.8 Å². The first-order valence-corrected chi connectivity index (χ1v) is 6.76. The van der Waals surface area contributed by atoms with Gasteiger partial charge in [0.25, 0.3) is 0 Å². The molecule has 0 fully saturated rings. The summed E-state index contributed by atoms with van der Waals surface area (Å²) in [6.45, 7) is 2.73. The van der Waals surface area contributed by atoms with E-state index < -0.39 is 5.97 Å². The lowest BCUT2D eigenvalue weighted by molar-refractivity contribution is 0.0690. The zero-order chi connectivity index (χ0) is 13.8. The van der Waals surface area contributed by atoms with Crippen molar-refractivity contribution in [2.45, 2.75) is 19.8 Å². The molecule has 0 aromatic heterocycles. The first-order valence-electron chi connectivity index (χ1n) is 6.38. The van der Waals surface area contributed by atoms with Gasteiger partial charge in [-0.2, -0.15) is 0 Å². The Hall–Kier alpha value is -1.48. The number of allylic oxidation sites excluding steroid dienone is 2. The topological polar surface area (TPSA) is 46.5 Å². The number of ether oxygens (including phenoxy) is 1. The third-order valence-corrected chi connectivity index (χ3v) is 3.78. The molecule has 0 heterocycles. The third-order valence-electron chi connectivity index (χ3n) is 3.54. The quantitative estimate of drug-likeness (QED) is 0.848. The molecule has 3 nitrogen and oxygen atoms in total. The van der Waals surface area contributed by atoms with Crippen molar-refractivity contribution in [3.63, 3.8) is 0 Å². The van der Waals surface area contributed by atoms with Crippen LogP contribution in [0.5, 0.6) is 5.75 Å². The van der Waals surface area contributed by atoms with E-state index in [-0.39, 0.29) is 5.56 Å². The van der Waals surface area contributed by atoms with Crippen LogP contribution in [0.1, 0.15) is 30.1 Å². The van der Waals surface area contributed by atoms with E-state index in [0.29, 0.717) is 29.2 Å². The number of rotatable bonds is 4. The van der Waals surface area contributed by atoms with Crippen LogP contribution in [0.4, 0.5) is 0 Å². The van der Waals surface area contributed by atoms with Crippen LogP contribution in [-0.2, 0) is 0 Å². The van der Waals surface area contributed by atoms with Crippen molar-refractivity contribution >= 4 is 17.6 Å². The fraction of sp³-hybridized carbons (Fsp3) is 0.400. The Labute approximate surface area is 117 Å². The van der Waals surface area contributed by atoms with Crippen LogP contribution < -0.4 is 4.74 Å². The molecule has 2 rings (SSSR count). The molecule has 2 atom stereocenters. The molecule has 0 saturated carbocycles. The number of carboxylic acids is 1. The lowest BCUT2D eigenvalue weighted by Crippen LogP contribution is -2.21. The SMILES string of the molecule is CC1CC=CCC1COc1ccc(Cl)cc1C(=O)O. The Kier molecular flexibility index (Phi) is 4.48. The molecule has 0 amide bonds. The van der Waals surface area contributed by atoms with Crippen LogP contribution >= 0.6 is 11.6 Å². The molecule has 0 bridgehead atoms. The van der Waals surface area contributed by atoms with E-state index in [1.807, 2.05) is 0 Å². The van der Waals surface area contributed by atoms with Crippen LogP contribution in [0.15, 0.2) is 30.4 Å². The molecule has 1 aromatic carbocycles. The molecular formula is C15H17ClO3. The van der Waals surface area contributed by atoms with Gasteiger partial charge in [-0.1, -0.05) is 30.7 Å². The van der Waals surface area contributed by atoms with Gasteiger partial charge in [0.05, 0.1) is 6.61 Å².